The van der Waals surface area contributed by atoms with E-state index in [9.17, 15) is 9.90 Å². The molecule has 2 unspecified atom stereocenters. The molecule has 11 nitrogen and oxygen atoms in total. The van der Waals surface area contributed by atoms with Crippen LogP contribution in [0.5, 0.6) is 0 Å². The smallest absolute Gasteiger partial charge is 0.251 e. The summed E-state index contributed by atoms with van der Waals surface area (Å²) < 4.78 is 5.96. The Morgan fingerprint density at radius 3 is 2.41 bits per heavy atom. The first-order chi connectivity index (χ1) is 22.3. The second kappa shape index (κ2) is 13.8. The van der Waals surface area contributed by atoms with E-state index in [2.05, 4.69) is 47.4 Å². The third-order valence-electron chi connectivity index (χ3n) is 8.29. The number of aromatic amines is 1. The SMILES string of the molecule is CCc1cc2ncc(CN3CCN(Cc4ccc(-c5nnc(C(Nc6ccc(C#N)c(Cl)c6)C(C)O)o5)cc4)CC3)cc2[nH]c1=O. The van der Waals surface area contributed by atoms with Gasteiger partial charge in [-0.25, -0.2) is 0 Å². The number of pyridine rings is 2. The average Bonchev–Trinajstić information content (AvgIpc) is 3.54. The van der Waals surface area contributed by atoms with Crippen molar-refractivity contribution < 1.29 is 9.52 Å². The molecule has 0 spiro atoms. The van der Waals surface area contributed by atoms with E-state index in [4.69, 9.17) is 21.3 Å². The van der Waals surface area contributed by atoms with Gasteiger partial charge in [-0.2, -0.15) is 5.26 Å². The molecule has 0 saturated carbocycles. The van der Waals surface area contributed by atoms with E-state index < -0.39 is 12.1 Å². The van der Waals surface area contributed by atoms with Crippen LogP contribution in [-0.2, 0) is 19.5 Å². The fourth-order valence-corrected chi connectivity index (χ4v) is 5.85. The summed E-state index contributed by atoms with van der Waals surface area (Å²) >= 11 is 6.17. The van der Waals surface area contributed by atoms with Crippen LogP contribution in [0.1, 0.15) is 48.0 Å². The van der Waals surface area contributed by atoms with E-state index in [0.717, 1.165) is 67.0 Å². The number of anilines is 1. The summed E-state index contributed by atoms with van der Waals surface area (Å²) in [6.07, 6.45) is 1.76. The quantitative estimate of drug-likeness (QED) is 0.193. The molecule has 0 radical (unpaired) electrons. The maximum atomic E-state index is 12.2. The minimum Gasteiger partial charge on any atom is -0.418 e. The van der Waals surface area contributed by atoms with Crippen LogP contribution in [0.3, 0.4) is 0 Å². The van der Waals surface area contributed by atoms with E-state index in [1.165, 1.54) is 5.56 Å². The molecule has 12 heteroatoms. The first-order valence-corrected chi connectivity index (χ1v) is 15.7. The molecule has 1 aliphatic heterocycles. The van der Waals surface area contributed by atoms with Crippen molar-refractivity contribution in [2.45, 2.75) is 45.5 Å². The summed E-state index contributed by atoms with van der Waals surface area (Å²) in [7, 11) is 0. The molecule has 2 atom stereocenters. The first kappa shape index (κ1) is 31.4. The molecule has 1 aliphatic rings. The van der Waals surface area contributed by atoms with E-state index in [1.807, 2.05) is 43.5 Å². The van der Waals surface area contributed by atoms with Crippen LogP contribution in [0.25, 0.3) is 22.5 Å². The first-order valence-electron chi connectivity index (χ1n) is 15.3. The lowest BCUT2D eigenvalue weighted by Gasteiger charge is -2.34. The number of benzene rings is 2. The minimum absolute atomic E-state index is 0.0399. The highest BCUT2D eigenvalue weighted by Gasteiger charge is 2.25. The number of nitrogens with one attached hydrogen (secondary N) is 2. The number of rotatable bonds is 10. The Balaban J connectivity index is 1.03. The summed E-state index contributed by atoms with van der Waals surface area (Å²) in [5.74, 6) is 0.601. The number of halogens is 1. The zero-order chi connectivity index (χ0) is 32.2. The lowest BCUT2D eigenvalue weighted by molar-refractivity contribution is 0.122. The molecule has 6 rings (SSSR count). The number of hydrogen-bond donors (Lipinski definition) is 3. The van der Waals surface area contributed by atoms with Crippen molar-refractivity contribution in [1.29, 1.82) is 5.26 Å². The van der Waals surface area contributed by atoms with Crippen molar-refractivity contribution in [1.82, 2.24) is 30.0 Å². The molecule has 3 N–H and O–H groups in total. The van der Waals surface area contributed by atoms with E-state index >= 15 is 0 Å². The largest absolute Gasteiger partial charge is 0.418 e. The van der Waals surface area contributed by atoms with Crippen molar-refractivity contribution in [2.75, 3.05) is 31.5 Å². The Labute approximate surface area is 271 Å². The average molecular weight is 639 g/mol. The monoisotopic (exact) mass is 638 g/mol. The Morgan fingerprint density at radius 1 is 1.04 bits per heavy atom. The topological polar surface area (TPSA) is 147 Å². The van der Waals surface area contributed by atoms with Gasteiger partial charge in [0.15, 0.2) is 0 Å². The second-order valence-corrected chi connectivity index (χ2v) is 12.0. The van der Waals surface area contributed by atoms with Gasteiger partial charge < -0.3 is 19.8 Å². The van der Waals surface area contributed by atoms with Crippen LogP contribution in [0.2, 0.25) is 5.02 Å². The molecule has 5 aromatic rings. The van der Waals surface area contributed by atoms with Crippen LogP contribution in [-0.4, -0.2) is 67.4 Å². The molecule has 0 bridgehead atoms. The predicted octanol–water partition coefficient (Wildman–Crippen LogP) is 4.91. The molecule has 1 fully saturated rings. The molecule has 3 aromatic heterocycles. The van der Waals surface area contributed by atoms with Gasteiger partial charge in [-0.15, -0.1) is 10.2 Å². The Morgan fingerprint density at radius 2 is 1.76 bits per heavy atom. The number of H-pyrrole nitrogens is 1. The lowest BCUT2D eigenvalue weighted by Crippen LogP contribution is -2.45. The third-order valence-corrected chi connectivity index (χ3v) is 8.60. The van der Waals surface area contributed by atoms with Crippen molar-refractivity contribution in [3.8, 4) is 17.5 Å². The zero-order valence-electron chi connectivity index (χ0n) is 25.7. The maximum absolute atomic E-state index is 12.2. The fourth-order valence-electron chi connectivity index (χ4n) is 5.63. The number of piperazine rings is 1. The molecule has 236 valence electrons. The molecule has 0 aliphatic carbocycles. The second-order valence-electron chi connectivity index (χ2n) is 11.6. The molecular formula is C34H35ClN8O3. The van der Waals surface area contributed by atoms with Crippen LogP contribution in [0.15, 0.2) is 70.0 Å². The molecular weight excluding hydrogens is 604 g/mol. The van der Waals surface area contributed by atoms with E-state index in [-0.39, 0.29) is 11.4 Å². The highest BCUT2D eigenvalue weighted by Crippen LogP contribution is 2.28. The standard InChI is InChI=1S/C34H35ClN8O3/c1-3-24-15-29-30(39-32(24)45)14-23(18-37-29)20-43-12-10-42(11-13-43)19-22-4-6-25(7-5-22)33-40-41-34(46-33)31(21(2)44)38-27-9-8-26(17-36)28(35)16-27/h4-9,14-16,18,21,31,38,44H,3,10-13,19-20H2,1-2H3,(H,39,45). The van der Waals surface area contributed by atoms with Gasteiger partial charge in [-0.3, -0.25) is 19.6 Å². The molecule has 0 amide bonds. The van der Waals surface area contributed by atoms with Gasteiger partial charge >= 0.3 is 0 Å². The summed E-state index contributed by atoms with van der Waals surface area (Å²) in [6, 6.07) is 18.3. The maximum Gasteiger partial charge on any atom is 0.251 e. The highest BCUT2D eigenvalue weighted by molar-refractivity contribution is 6.32. The summed E-state index contributed by atoms with van der Waals surface area (Å²) in [5.41, 5.74) is 6.37. The zero-order valence-corrected chi connectivity index (χ0v) is 26.5. The summed E-state index contributed by atoms with van der Waals surface area (Å²) in [5, 5.41) is 31.4. The van der Waals surface area contributed by atoms with Crippen molar-refractivity contribution >= 4 is 28.3 Å². The predicted molar refractivity (Wildman–Crippen MR) is 176 cm³/mol. The Kier molecular flexibility index (Phi) is 9.42. The highest BCUT2D eigenvalue weighted by atomic mass is 35.5. The van der Waals surface area contributed by atoms with Crippen molar-refractivity contribution in [3.63, 3.8) is 0 Å². The minimum atomic E-state index is -0.839. The third kappa shape index (κ3) is 7.11. The fraction of sp³-hybridized carbons (Fsp3) is 0.324. The number of aliphatic hydroxyl groups is 1. The Bertz CT molecular complexity index is 1920. The van der Waals surface area contributed by atoms with Gasteiger partial charge in [-0.1, -0.05) is 30.7 Å². The Hall–Kier alpha value is -4.60. The van der Waals surface area contributed by atoms with Crippen molar-refractivity contribution in [3.05, 3.63) is 104 Å². The van der Waals surface area contributed by atoms with Crippen molar-refractivity contribution in [2.24, 2.45) is 0 Å². The number of aliphatic hydroxyl groups excluding tert-OH is 1. The molecule has 46 heavy (non-hydrogen) atoms. The van der Waals surface area contributed by atoms with Gasteiger partial charge in [0, 0.05) is 62.3 Å². The molecule has 4 heterocycles. The van der Waals surface area contributed by atoms with Gasteiger partial charge in [0.1, 0.15) is 12.1 Å². The van der Waals surface area contributed by atoms with Crippen LogP contribution >= 0.6 is 11.6 Å². The van der Waals surface area contributed by atoms with Gasteiger partial charge in [-0.05, 0) is 66.9 Å². The number of nitriles is 1. The number of fused-ring (bicyclic) bond motifs is 1. The lowest BCUT2D eigenvalue weighted by atomic mass is 10.1. The number of aromatic nitrogens is 4. The van der Waals surface area contributed by atoms with E-state index in [1.54, 1.807) is 25.1 Å². The van der Waals surface area contributed by atoms with Gasteiger partial charge in [0.05, 0.1) is 27.7 Å². The summed E-state index contributed by atoms with van der Waals surface area (Å²) in [6.45, 7) is 9.02. The molecule has 1 saturated heterocycles. The van der Waals surface area contributed by atoms with Crippen LogP contribution < -0.4 is 10.9 Å². The van der Waals surface area contributed by atoms with Gasteiger partial charge in [0.2, 0.25) is 11.8 Å². The molecule has 2 aromatic carbocycles. The normalized spacial score (nSPS) is 15.5. The number of nitrogens with zero attached hydrogens (tertiary/aromatic N) is 6. The number of hydrogen-bond acceptors (Lipinski definition) is 10. The van der Waals surface area contributed by atoms with Gasteiger partial charge in [0.25, 0.3) is 5.56 Å². The van der Waals surface area contributed by atoms with Crippen LogP contribution in [0.4, 0.5) is 5.69 Å². The summed E-state index contributed by atoms with van der Waals surface area (Å²) in [4.78, 5) is 24.7. The van der Waals surface area contributed by atoms with E-state index in [0.29, 0.717) is 28.6 Å². The number of aryl methyl sites for hydroxylation is 1. The van der Waals surface area contributed by atoms with Crippen LogP contribution in [0, 0.1) is 11.3 Å².